The van der Waals surface area contributed by atoms with E-state index < -0.39 is 11.7 Å². The number of terminal acetylenes is 1. The summed E-state index contributed by atoms with van der Waals surface area (Å²) < 4.78 is 15.8. The van der Waals surface area contributed by atoms with E-state index in [0.29, 0.717) is 16.9 Å². The summed E-state index contributed by atoms with van der Waals surface area (Å²) in [5.41, 5.74) is 12.0. The van der Waals surface area contributed by atoms with E-state index in [-0.39, 0.29) is 11.4 Å². The molecule has 0 spiro atoms. The number of hydrogen-bond acceptors (Lipinski definition) is 6. The van der Waals surface area contributed by atoms with Gasteiger partial charge in [0.2, 0.25) is 0 Å². The van der Waals surface area contributed by atoms with Crippen molar-refractivity contribution in [3.05, 3.63) is 54.1 Å². The van der Waals surface area contributed by atoms with E-state index in [0.717, 1.165) is 31.7 Å². The van der Waals surface area contributed by atoms with Gasteiger partial charge in [-0.05, 0) is 44.2 Å². The van der Waals surface area contributed by atoms with Crippen molar-refractivity contribution in [3.63, 3.8) is 0 Å². The summed E-state index contributed by atoms with van der Waals surface area (Å²) in [5.74, 6) is -0.00600. The van der Waals surface area contributed by atoms with Crippen molar-refractivity contribution >= 4 is 23.1 Å². The molecule has 8 nitrogen and oxygen atoms in total. The molecule has 32 heavy (non-hydrogen) atoms. The molecule has 9 heteroatoms. The number of pyridine rings is 1. The average molecular weight is 438 g/mol. The maximum Gasteiger partial charge on any atom is 0.276 e. The van der Waals surface area contributed by atoms with Crippen molar-refractivity contribution in [1.82, 2.24) is 14.8 Å². The molecule has 4 rings (SSSR count). The van der Waals surface area contributed by atoms with Gasteiger partial charge in [-0.2, -0.15) is 5.10 Å². The molecule has 1 aliphatic heterocycles. The van der Waals surface area contributed by atoms with Crippen LogP contribution in [0.2, 0.25) is 0 Å². The first-order valence-corrected chi connectivity index (χ1v) is 10.1. The van der Waals surface area contributed by atoms with E-state index in [9.17, 15) is 9.18 Å². The van der Waals surface area contributed by atoms with E-state index >= 15 is 0 Å². The minimum absolute atomic E-state index is 0.0528. The molecule has 168 valence electrons. The third-order valence-electron chi connectivity index (χ3n) is 4.85. The number of benzene rings is 1. The molecule has 1 saturated heterocycles. The smallest absolute Gasteiger partial charge is 0.276 e. The maximum absolute atomic E-state index is 14.1. The van der Waals surface area contributed by atoms with Crippen LogP contribution >= 0.6 is 0 Å². The second-order valence-corrected chi connectivity index (χ2v) is 6.77. The Morgan fingerprint density at radius 2 is 1.78 bits per heavy atom. The number of carbonyl (C=O) groups excluding carboxylic acids is 1. The van der Waals surface area contributed by atoms with Gasteiger partial charge in [0.1, 0.15) is 11.5 Å². The second-order valence-electron chi connectivity index (χ2n) is 6.77. The lowest BCUT2D eigenvalue weighted by Crippen LogP contribution is -2.23. The first kappa shape index (κ1) is 24.4. The van der Waals surface area contributed by atoms with E-state index in [1.165, 1.54) is 13.1 Å². The van der Waals surface area contributed by atoms with E-state index in [2.05, 4.69) is 38.9 Å². The monoisotopic (exact) mass is 437 g/mol. The molecule has 0 bridgehead atoms. The van der Waals surface area contributed by atoms with Gasteiger partial charge in [-0.25, -0.2) is 9.37 Å². The zero-order valence-corrected chi connectivity index (χ0v) is 18.3. The van der Waals surface area contributed by atoms with Crippen molar-refractivity contribution in [2.75, 3.05) is 36.1 Å². The van der Waals surface area contributed by atoms with Crippen LogP contribution < -0.4 is 21.7 Å². The fraction of sp³-hybridized carbons (Fsp3) is 0.261. The molecular weight excluding hydrogens is 409 g/mol. The Labute approximate surface area is 187 Å². The molecule has 0 aliphatic carbocycles. The van der Waals surface area contributed by atoms with Gasteiger partial charge in [0, 0.05) is 25.7 Å². The highest BCUT2D eigenvalue weighted by Gasteiger charge is 2.22. The predicted octanol–water partition coefficient (Wildman–Crippen LogP) is 2.88. The number of aromatic nitrogens is 3. The molecule has 1 amide bonds. The topological polar surface area (TPSA) is 115 Å². The second kappa shape index (κ2) is 11.5. The number of nitrogens with two attached hydrogens (primary N) is 2. The highest BCUT2D eigenvalue weighted by molar-refractivity contribution is 6.07. The van der Waals surface area contributed by atoms with Gasteiger partial charge >= 0.3 is 0 Å². The molecule has 0 atom stereocenters. The number of carbonyl (C=O) groups is 1. The van der Waals surface area contributed by atoms with Crippen LogP contribution in [-0.4, -0.2) is 40.8 Å². The van der Waals surface area contributed by atoms with Gasteiger partial charge in [-0.1, -0.05) is 12.1 Å². The summed E-state index contributed by atoms with van der Waals surface area (Å²) in [5, 5.41) is 7.12. The number of aryl methyl sites for hydroxylation is 1. The first-order chi connectivity index (χ1) is 15.5. The molecular formula is C23H28FN7O. The Morgan fingerprint density at radius 3 is 2.44 bits per heavy atom. The summed E-state index contributed by atoms with van der Waals surface area (Å²) in [6.45, 7) is 1.84. The summed E-state index contributed by atoms with van der Waals surface area (Å²) in [6, 6.07) is 9.45. The van der Waals surface area contributed by atoms with Crippen molar-refractivity contribution in [3.8, 4) is 24.1 Å². The SMILES string of the molecule is C#C.CN.Cn1ncc(NC(=O)c2nc(-c3ccccc3F)ccc2N)c1N1CCCC1. The van der Waals surface area contributed by atoms with Gasteiger partial charge in [0.05, 0.1) is 17.6 Å². The number of nitrogens with zero attached hydrogens (tertiary/aromatic N) is 4. The molecule has 3 heterocycles. The van der Waals surface area contributed by atoms with Crippen LogP contribution in [0.15, 0.2) is 42.6 Å². The van der Waals surface area contributed by atoms with Gasteiger partial charge in [-0.3, -0.25) is 9.48 Å². The maximum atomic E-state index is 14.1. The molecule has 0 saturated carbocycles. The Morgan fingerprint density at radius 1 is 1.12 bits per heavy atom. The summed E-state index contributed by atoms with van der Waals surface area (Å²) in [4.78, 5) is 19.4. The van der Waals surface area contributed by atoms with Crippen LogP contribution in [0.1, 0.15) is 23.3 Å². The molecule has 0 radical (unpaired) electrons. The highest BCUT2D eigenvalue weighted by Crippen LogP contribution is 2.29. The molecule has 1 aromatic carbocycles. The zero-order valence-electron chi connectivity index (χ0n) is 18.3. The van der Waals surface area contributed by atoms with E-state index in [1.807, 2.05) is 7.05 Å². The van der Waals surface area contributed by atoms with Crippen LogP contribution in [0.4, 0.5) is 21.6 Å². The van der Waals surface area contributed by atoms with E-state index in [1.54, 1.807) is 41.2 Å². The number of nitrogens with one attached hydrogen (secondary N) is 1. The first-order valence-electron chi connectivity index (χ1n) is 10.1. The number of nitrogen functional groups attached to an aromatic ring is 1. The quantitative estimate of drug-likeness (QED) is 0.541. The van der Waals surface area contributed by atoms with Crippen LogP contribution in [0, 0.1) is 18.7 Å². The molecule has 5 N–H and O–H groups in total. The predicted molar refractivity (Wildman–Crippen MR) is 127 cm³/mol. The Kier molecular flexibility index (Phi) is 8.74. The Balaban J connectivity index is 0.000000860. The zero-order chi connectivity index (χ0) is 23.7. The molecule has 1 fully saturated rings. The number of rotatable bonds is 4. The number of hydrogen-bond donors (Lipinski definition) is 3. The molecule has 2 aromatic heterocycles. The van der Waals surface area contributed by atoms with Crippen LogP contribution in [0.3, 0.4) is 0 Å². The normalized spacial score (nSPS) is 12.2. The molecule has 3 aromatic rings. The lowest BCUT2D eigenvalue weighted by atomic mass is 10.1. The van der Waals surface area contributed by atoms with Crippen molar-refractivity contribution < 1.29 is 9.18 Å². The number of anilines is 3. The Hall–Kier alpha value is -3.90. The van der Waals surface area contributed by atoms with Gasteiger partial charge in [0.15, 0.2) is 11.5 Å². The van der Waals surface area contributed by atoms with Crippen molar-refractivity contribution in [2.45, 2.75) is 12.8 Å². The fourth-order valence-corrected chi connectivity index (χ4v) is 3.48. The molecule has 0 unspecified atom stereocenters. The van der Waals surface area contributed by atoms with Crippen molar-refractivity contribution in [1.29, 1.82) is 0 Å². The molecule has 1 aliphatic rings. The standard InChI is InChI=1S/C20H21FN6O.C2H2.CH5N/c1-26-20(27-10-4-5-11-27)17(12-23-26)25-19(28)18-15(22)8-9-16(24-18)13-6-2-3-7-14(13)21;2*1-2/h2-3,6-9,12H,4-5,10-11,22H2,1H3,(H,25,28);1-2H;2H2,1H3. The van der Waals surface area contributed by atoms with Gasteiger partial charge < -0.3 is 21.7 Å². The van der Waals surface area contributed by atoms with Crippen LogP contribution in [-0.2, 0) is 7.05 Å². The highest BCUT2D eigenvalue weighted by atomic mass is 19.1. The van der Waals surface area contributed by atoms with Crippen LogP contribution in [0.25, 0.3) is 11.3 Å². The minimum Gasteiger partial charge on any atom is -0.397 e. The largest absolute Gasteiger partial charge is 0.397 e. The third-order valence-corrected chi connectivity index (χ3v) is 4.85. The summed E-state index contributed by atoms with van der Waals surface area (Å²) in [6.07, 6.45) is 11.8. The summed E-state index contributed by atoms with van der Waals surface area (Å²) >= 11 is 0. The van der Waals surface area contributed by atoms with Gasteiger partial charge in [0.25, 0.3) is 5.91 Å². The number of halogens is 1. The fourth-order valence-electron chi connectivity index (χ4n) is 3.48. The van der Waals surface area contributed by atoms with Gasteiger partial charge in [-0.15, -0.1) is 12.8 Å². The van der Waals surface area contributed by atoms with Crippen molar-refractivity contribution in [2.24, 2.45) is 12.8 Å². The third kappa shape index (κ3) is 5.22. The Bertz CT molecular complexity index is 1070. The van der Waals surface area contributed by atoms with Crippen LogP contribution in [0.5, 0.6) is 0 Å². The minimum atomic E-state index is -0.455. The summed E-state index contributed by atoms with van der Waals surface area (Å²) in [7, 11) is 3.34. The average Bonchev–Trinajstić information content (AvgIpc) is 3.47. The van der Waals surface area contributed by atoms with E-state index in [4.69, 9.17) is 5.73 Å². The lowest BCUT2D eigenvalue weighted by molar-refractivity contribution is 0.102. The lowest BCUT2D eigenvalue weighted by Gasteiger charge is -2.19. The number of amides is 1.